The van der Waals surface area contributed by atoms with Crippen molar-refractivity contribution in [2.45, 2.75) is 19.3 Å². The molecule has 1 unspecified atom stereocenters. The summed E-state index contributed by atoms with van der Waals surface area (Å²) >= 11 is 1.47. The van der Waals surface area contributed by atoms with E-state index >= 15 is 0 Å². The molecule has 1 aliphatic heterocycles. The molecule has 5 rings (SSSR count). The maximum atomic E-state index is 12.7. The van der Waals surface area contributed by atoms with E-state index in [0.29, 0.717) is 16.7 Å². The van der Waals surface area contributed by atoms with Gasteiger partial charge >= 0.3 is 0 Å². The van der Waals surface area contributed by atoms with Crippen LogP contribution in [0.2, 0.25) is 0 Å². The van der Waals surface area contributed by atoms with Gasteiger partial charge in [-0.05, 0) is 42.8 Å². The first-order valence-electron chi connectivity index (χ1n) is 10.3. The fraction of sp³-hybridized carbons (Fsp3) is 0.217. The van der Waals surface area contributed by atoms with Gasteiger partial charge in [0.1, 0.15) is 17.3 Å². The van der Waals surface area contributed by atoms with Crippen molar-refractivity contribution in [3.05, 3.63) is 59.3 Å². The molecule has 33 heavy (non-hydrogen) atoms. The van der Waals surface area contributed by atoms with E-state index in [1.54, 1.807) is 17.9 Å². The number of thiazole rings is 1. The maximum absolute atomic E-state index is 12.7. The van der Waals surface area contributed by atoms with E-state index in [-0.39, 0.29) is 24.9 Å². The zero-order chi connectivity index (χ0) is 23.1. The molecule has 0 aliphatic carbocycles. The third kappa shape index (κ3) is 3.89. The second kappa shape index (κ2) is 8.21. The molecule has 0 saturated carbocycles. The zero-order valence-corrected chi connectivity index (χ0v) is 18.8. The number of aromatic nitrogens is 3. The molecule has 4 aromatic rings. The second-order valence-corrected chi connectivity index (χ2v) is 8.73. The van der Waals surface area contributed by atoms with E-state index in [9.17, 15) is 9.59 Å². The number of benzene rings is 2. The average Bonchev–Trinajstić information content (AvgIpc) is 3.37. The van der Waals surface area contributed by atoms with Gasteiger partial charge in [-0.2, -0.15) is 9.78 Å². The summed E-state index contributed by atoms with van der Waals surface area (Å²) in [7, 11) is 1.62. The number of rotatable bonds is 6. The number of nitrogens with one attached hydrogen (secondary N) is 1. The molecule has 1 aliphatic rings. The number of nitrogens with two attached hydrogens (primary N) is 1. The Morgan fingerprint density at radius 2 is 2.12 bits per heavy atom. The molecule has 9 nitrogen and oxygen atoms in total. The molecule has 168 valence electrons. The number of carbonyl (C=O) groups is 2. The summed E-state index contributed by atoms with van der Waals surface area (Å²) in [6.07, 6.45) is 0.274. The Kier molecular flexibility index (Phi) is 5.21. The van der Waals surface area contributed by atoms with E-state index in [1.807, 2.05) is 43.3 Å². The first kappa shape index (κ1) is 21.0. The van der Waals surface area contributed by atoms with Crippen LogP contribution < -0.4 is 20.5 Å². The second-order valence-electron chi connectivity index (χ2n) is 7.72. The number of nitrogens with zero attached hydrogens (tertiary/aromatic N) is 3. The molecule has 0 radical (unpaired) electrons. The van der Waals surface area contributed by atoms with Gasteiger partial charge in [-0.15, -0.1) is 0 Å². The Hall–Kier alpha value is -3.92. The Labute approximate surface area is 193 Å². The summed E-state index contributed by atoms with van der Waals surface area (Å²) in [5, 5.41) is 8.35. The maximum Gasteiger partial charge on any atom is 0.255 e. The summed E-state index contributed by atoms with van der Waals surface area (Å²) in [4.78, 5) is 28.5. The minimum absolute atomic E-state index is 0.111. The van der Waals surface area contributed by atoms with E-state index in [0.717, 1.165) is 32.8 Å². The van der Waals surface area contributed by atoms with Crippen molar-refractivity contribution in [3.63, 3.8) is 0 Å². The van der Waals surface area contributed by atoms with E-state index in [2.05, 4.69) is 5.32 Å². The summed E-state index contributed by atoms with van der Waals surface area (Å²) in [6.45, 7) is 1.71. The SMILES string of the molecule is COc1ccc2nc(-n3nc(C)c4c3NC(=O)CC4c3cccc(OCC(N)=O)c3)sc2c1. The van der Waals surface area contributed by atoms with Crippen LogP contribution in [0.1, 0.15) is 29.2 Å². The number of hydrogen-bond acceptors (Lipinski definition) is 7. The largest absolute Gasteiger partial charge is 0.497 e. The van der Waals surface area contributed by atoms with E-state index in [4.69, 9.17) is 25.3 Å². The summed E-state index contributed by atoms with van der Waals surface area (Å²) < 4.78 is 13.4. The number of anilines is 1. The quantitative estimate of drug-likeness (QED) is 0.453. The van der Waals surface area contributed by atoms with Crippen molar-refractivity contribution in [2.75, 3.05) is 19.0 Å². The van der Waals surface area contributed by atoms with Crippen LogP contribution >= 0.6 is 11.3 Å². The van der Waals surface area contributed by atoms with E-state index in [1.165, 1.54) is 11.3 Å². The lowest BCUT2D eigenvalue weighted by molar-refractivity contribution is -0.120. The highest BCUT2D eigenvalue weighted by Gasteiger charge is 2.33. The van der Waals surface area contributed by atoms with Crippen LogP contribution in [0.15, 0.2) is 42.5 Å². The molecule has 0 bridgehead atoms. The first-order chi connectivity index (χ1) is 15.9. The molecular weight excluding hydrogens is 442 g/mol. The van der Waals surface area contributed by atoms with Gasteiger partial charge in [0.2, 0.25) is 11.0 Å². The van der Waals surface area contributed by atoms with Crippen molar-refractivity contribution in [1.29, 1.82) is 0 Å². The molecule has 2 aromatic carbocycles. The highest BCUT2D eigenvalue weighted by atomic mass is 32.1. The summed E-state index contributed by atoms with van der Waals surface area (Å²) in [5.74, 6) is 1.01. The molecule has 0 fully saturated rings. The standard InChI is InChI=1S/C23H21N5O4S/c1-12-21-16(13-4-3-5-15(8-13)32-11-19(24)29)10-20(30)26-22(21)28(27-12)23-25-17-7-6-14(31-2)9-18(17)33-23/h3-9,16H,10-11H2,1-2H3,(H2,24,29)(H,26,30). The molecule has 0 saturated heterocycles. The predicted octanol–water partition coefficient (Wildman–Crippen LogP) is 3.14. The molecule has 3 heterocycles. The van der Waals surface area contributed by atoms with Crippen molar-refractivity contribution >= 4 is 39.2 Å². The van der Waals surface area contributed by atoms with Gasteiger partial charge < -0.3 is 20.5 Å². The van der Waals surface area contributed by atoms with Gasteiger partial charge in [0, 0.05) is 17.9 Å². The van der Waals surface area contributed by atoms with Gasteiger partial charge in [0.15, 0.2) is 6.61 Å². The van der Waals surface area contributed by atoms with Crippen LogP contribution in [-0.4, -0.2) is 40.3 Å². The van der Waals surface area contributed by atoms with Gasteiger partial charge in [0.25, 0.3) is 5.91 Å². The Balaban J connectivity index is 1.56. The third-order valence-corrected chi connectivity index (χ3v) is 6.50. The van der Waals surface area contributed by atoms with E-state index < -0.39 is 5.91 Å². The predicted molar refractivity (Wildman–Crippen MR) is 124 cm³/mol. The van der Waals surface area contributed by atoms with Crippen LogP contribution in [0, 0.1) is 6.92 Å². The van der Waals surface area contributed by atoms with Gasteiger partial charge in [-0.1, -0.05) is 23.5 Å². The van der Waals surface area contributed by atoms with Crippen LogP contribution in [0.25, 0.3) is 15.3 Å². The van der Waals surface area contributed by atoms with Crippen molar-refractivity contribution in [2.24, 2.45) is 5.73 Å². The number of aryl methyl sites for hydroxylation is 1. The average molecular weight is 464 g/mol. The zero-order valence-electron chi connectivity index (χ0n) is 18.0. The van der Waals surface area contributed by atoms with Gasteiger partial charge in [0.05, 0.1) is 23.0 Å². The fourth-order valence-electron chi connectivity index (χ4n) is 4.06. The number of ether oxygens (including phenoxy) is 2. The number of fused-ring (bicyclic) bond motifs is 2. The minimum atomic E-state index is -0.551. The van der Waals surface area contributed by atoms with Crippen LogP contribution in [-0.2, 0) is 9.59 Å². The molecular formula is C23H21N5O4S. The smallest absolute Gasteiger partial charge is 0.255 e. The monoisotopic (exact) mass is 463 g/mol. The Bertz CT molecular complexity index is 1390. The highest BCUT2D eigenvalue weighted by Crippen LogP contribution is 2.41. The number of methoxy groups -OCH3 is 1. The lowest BCUT2D eigenvalue weighted by Gasteiger charge is -2.24. The normalized spacial score (nSPS) is 15.2. The van der Waals surface area contributed by atoms with Gasteiger partial charge in [-0.25, -0.2) is 4.98 Å². The topological polar surface area (TPSA) is 121 Å². The highest BCUT2D eigenvalue weighted by molar-refractivity contribution is 7.20. The Morgan fingerprint density at radius 3 is 2.91 bits per heavy atom. The van der Waals surface area contributed by atoms with Crippen LogP contribution in [0.5, 0.6) is 11.5 Å². The number of hydrogen-bond donors (Lipinski definition) is 2. The van der Waals surface area contributed by atoms with Crippen molar-refractivity contribution in [3.8, 4) is 16.6 Å². The fourth-order valence-corrected chi connectivity index (χ4v) is 5.01. The summed E-state index contributed by atoms with van der Waals surface area (Å²) in [5.41, 5.74) is 8.64. The van der Waals surface area contributed by atoms with Crippen LogP contribution in [0.4, 0.5) is 5.82 Å². The van der Waals surface area contributed by atoms with Crippen molar-refractivity contribution < 1.29 is 19.1 Å². The minimum Gasteiger partial charge on any atom is -0.497 e. The lowest BCUT2D eigenvalue weighted by Crippen LogP contribution is -2.25. The lowest BCUT2D eigenvalue weighted by atomic mass is 9.86. The number of amides is 2. The molecule has 3 N–H and O–H groups in total. The van der Waals surface area contributed by atoms with Crippen molar-refractivity contribution in [1.82, 2.24) is 14.8 Å². The first-order valence-corrected chi connectivity index (χ1v) is 11.1. The molecule has 2 amide bonds. The molecule has 10 heteroatoms. The molecule has 1 atom stereocenters. The third-order valence-electron chi connectivity index (χ3n) is 5.51. The molecule has 2 aromatic heterocycles. The summed E-state index contributed by atoms with van der Waals surface area (Å²) in [6, 6.07) is 13.0. The van der Waals surface area contributed by atoms with Gasteiger partial charge in [-0.3, -0.25) is 9.59 Å². The molecule has 0 spiro atoms. The number of primary amides is 1. The van der Waals surface area contributed by atoms with Crippen LogP contribution in [0.3, 0.4) is 0 Å². The Morgan fingerprint density at radius 1 is 1.27 bits per heavy atom. The number of carbonyl (C=O) groups excluding carboxylic acids is 2.